The summed E-state index contributed by atoms with van der Waals surface area (Å²) in [5.41, 5.74) is 6.35. The number of hydrogen-bond donors (Lipinski definition) is 3. The monoisotopic (exact) mass is 225 g/mol. The number of aromatic amines is 1. The maximum Gasteiger partial charge on any atom is 0.254 e. The van der Waals surface area contributed by atoms with E-state index in [4.69, 9.17) is 10.8 Å². The normalized spacial score (nSPS) is 14.8. The number of nitrogens with zero attached hydrogens (tertiary/aromatic N) is 1. The van der Waals surface area contributed by atoms with Crippen molar-refractivity contribution in [3.8, 4) is 0 Å². The average molecular weight is 225 g/mol. The van der Waals surface area contributed by atoms with Crippen LogP contribution in [-0.4, -0.2) is 21.7 Å². The summed E-state index contributed by atoms with van der Waals surface area (Å²) in [4.78, 5) is 18.7. The summed E-state index contributed by atoms with van der Waals surface area (Å²) in [6, 6.07) is 0. The molecule has 1 rings (SSSR count). The molecule has 1 unspecified atom stereocenters. The van der Waals surface area contributed by atoms with Gasteiger partial charge in [0, 0.05) is 24.3 Å². The van der Waals surface area contributed by atoms with Gasteiger partial charge in [0.05, 0.1) is 5.54 Å². The predicted molar refractivity (Wildman–Crippen MR) is 62.2 cm³/mol. The Morgan fingerprint density at radius 2 is 2.19 bits per heavy atom. The largest absolute Gasteiger partial charge is 0.396 e. The fraction of sp³-hybridized carbons (Fsp3) is 0.636. The highest BCUT2D eigenvalue weighted by Crippen LogP contribution is 2.16. The van der Waals surface area contributed by atoms with Crippen molar-refractivity contribution < 1.29 is 5.11 Å². The van der Waals surface area contributed by atoms with Gasteiger partial charge in [-0.3, -0.25) is 4.79 Å². The first-order valence-corrected chi connectivity index (χ1v) is 5.42. The molecule has 1 aromatic rings. The van der Waals surface area contributed by atoms with Crippen molar-refractivity contribution in [3.05, 3.63) is 27.4 Å². The topological polar surface area (TPSA) is 92.0 Å². The van der Waals surface area contributed by atoms with Crippen molar-refractivity contribution in [1.29, 1.82) is 0 Å². The molecule has 0 aliphatic heterocycles. The predicted octanol–water partition coefficient (Wildman–Crippen LogP) is 0.197. The first kappa shape index (κ1) is 12.9. The Labute approximate surface area is 94.7 Å². The fourth-order valence-corrected chi connectivity index (χ4v) is 1.45. The van der Waals surface area contributed by atoms with Crippen LogP contribution in [0, 0.1) is 6.92 Å². The Morgan fingerprint density at radius 1 is 1.56 bits per heavy atom. The molecule has 1 heterocycles. The van der Waals surface area contributed by atoms with Crippen LogP contribution in [0.1, 0.15) is 37.4 Å². The molecule has 16 heavy (non-hydrogen) atoms. The molecule has 0 aliphatic carbocycles. The fourth-order valence-electron chi connectivity index (χ4n) is 1.45. The molecule has 0 saturated carbocycles. The lowest BCUT2D eigenvalue weighted by atomic mass is 9.99. The Kier molecular flexibility index (Phi) is 3.83. The number of aliphatic hydroxyl groups is 1. The van der Waals surface area contributed by atoms with E-state index in [1.165, 1.54) is 0 Å². The van der Waals surface area contributed by atoms with Gasteiger partial charge in [0.2, 0.25) is 0 Å². The maximum absolute atomic E-state index is 11.8. The summed E-state index contributed by atoms with van der Waals surface area (Å²) in [5, 5.41) is 8.84. The van der Waals surface area contributed by atoms with Gasteiger partial charge in [-0.25, -0.2) is 4.98 Å². The third kappa shape index (κ3) is 2.48. The van der Waals surface area contributed by atoms with Crippen LogP contribution >= 0.6 is 0 Å². The van der Waals surface area contributed by atoms with Gasteiger partial charge >= 0.3 is 0 Å². The SMILES string of the molecule is CCC(C)(N)c1nc(C)c(CCO)c(=O)[nH]1. The Balaban J connectivity index is 3.25. The van der Waals surface area contributed by atoms with Crippen LogP contribution in [0.5, 0.6) is 0 Å². The summed E-state index contributed by atoms with van der Waals surface area (Å²) in [5.74, 6) is 0.499. The Hall–Kier alpha value is -1.20. The second-order valence-corrected chi connectivity index (χ2v) is 4.22. The zero-order chi connectivity index (χ0) is 12.3. The van der Waals surface area contributed by atoms with Crippen molar-refractivity contribution in [2.45, 2.75) is 39.2 Å². The maximum atomic E-state index is 11.8. The molecule has 0 saturated heterocycles. The summed E-state index contributed by atoms with van der Waals surface area (Å²) < 4.78 is 0. The van der Waals surface area contributed by atoms with Gasteiger partial charge in [0.15, 0.2) is 0 Å². The number of nitrogens with two attached hydrogens (primary N) is 1. The van der Waals surface area contributed by atoms with Crippen LogP contribution < -0.4 is 11.3 Å². The van der Waals surface area contributed by atoms with E-state index in [1.807, 2.05) is 13.8 Å². The number of rotatable bonds is 4. The quantitative estimate of drug-likeness (QED) is 0.682. The molecule has 0 radical (unpaired) electrons. The molecule has 0 amide bonds. The lowest BCUT2D eigenvalue weighted by molar-refractivity contribution is 0.298. The standard InChI is InChI=1S/C11H19N3O2/c1-4-11(3,12)10-13-7(2)8(5-6-15)9(16)14-10/h15H,4-6,12H2,1-3H3,(H,13,14,16). The van der Waals surface area contributed by atoms with Gasteiger partial charge in [0.1, 0.15) is 5.82 Å². The highest BCUT2D eigenvalue weighted by atomic mass is 16.3. The number of aliphatic hydroxyl groups excluding tert-OH is 1. The molecule has 0 aliphatic rings. The molecule has 0 aromatic carbocycles. The first-order valence-electron chi connectivity index (χ1n) is 5.42. The van der Waals surface area contributed by atoms with Gasteiger partial charge < -0.3 is 15.8 Å². The molecule has 1 atom stereocenters. The highest BCUT2D eigenvalue weighted by Gasteiger charge is 2.22. The van der Waals surface area contributed by atoms with Crippen LogP contribution in [-0.2, 0) is 12.0 Å². The van der Waals surface area contributed by atoms with Crippen molar-refractivity contribution in [2.75, 3.05) is 6.61 Å². The second kappa shape index (κ2) is 4.76. The van der Waals surface area contributed by atoms with Crippen LogP contribution in [0.25, 0.3) is 0 Å². The van der Waals surface area contributed by atoms with E-state index in [0.29, 0.717) is 29.9 Å². The summed E-state index contributed by atoms with van der Waals surface area (Å²) in [6.45, 7) is 5.47. The van der Waals surface area contributed by atoms with E-state index < -0.39 is 5.54 Å². The van der Waals surface area contributed by atoms with Crippen LogP contribution in [0.2, 0.25) is 0 Å². The minimum Gasteiger partial charge on any atom is -0.396 e. The molecule has 1 aromatic heterocycles. The molecule has 5 heteroatoms. The van der Waals surface area contributed by atoms with E-state index in [-0.39, 0.29) is 12.2 Å². The lowest BCUT2D eigenvalue weighted by Crippen LogP contribution is -2.37. The minimum absolute atomic E-state index is 0.0569. The summed E-state index contributed by atoms with van der Waals surface area (Å²) in [7, 11) is 0. The number of aryl methyl sites for hydroxylation is 1. The van der Waals surface area contributed by atoms with Crippen molar-refractivity contribution in [3.63, 3.8) is 0 Å². The van der Waals surface area contributed by atoms with Gasteiger partial charge in [-0.1, -0.05) is 6.92 Å². The number of aromatic nitrogens is 2. The first-order chi connectivity index (χ1) is 7.42. The number of nitrogens with one attached hydrogen (secondary N) is 1. The molecule has 0 fully saturated rings. The van der Waals surface area contributed by atoms with Crippen LogP contribution in [0.4, 0.5) is 0 Å². The lowest BCUT2D eigenvalue weighted by Gasteiger charge is -2.22. The highest BCUT2D eigenvalue weighted by molar-refractivity contribution is 5.19. The Morgan fingerprint density at radius 3 is 2.62 bits per heavy atom. The van der Waals surface area contributed by atoms with E-state index in [9.17, 15) is 4.79 Å². The average Bonchev–Trinajstić information content (AvgIpc) is 2.23. The molecular weight excluding hydrogens is 206 g/mol. The van der Waals surface area contributed by atoms with Crippen LogP contribution in [0.15, 0.2) is 4.79 Å². The summed E-state index contributed by atoms with van der Waals surface area (Å²) >= 11 is 0. The van der Waals surface area contributed by atoms with Gasteiger partial charge in [0.25, 0.3) is 5.56 Å². The minimum atomic E-state index is -0.623. The zero-order valence-corrected chi connectivity index (χ0v) is 10.0. The van der Waals surface area contributed by atoms with Gasteiger partial charge in [-0.2, -0.15) is 0 Å². The number of H-pyrrole nitrogens is 1. The third-order valence-corrected chi connectivity index (χ3v) is 2.86. The second-order valence-electron chi connectivity index (χ2n) is 4.22. The van der Waals surface area contributed by atoms with E-state index in [2.05, 4.69) is 9.97 Å². The van der Waals surface area contributed by atoms with E-state index >= 15 is 0 Å². The van der Waals surface area contributed by atoms with E-state index in [1.54, 1.807) is 6.92 Å². The van der Waals surface area contributed by atoms with Gasteiger partial charge in [-0.15, -0.1) is 0 Å². The smallest absolute Gasteiger partial charge is 0.254 e. The molecule has 90 valence electrons. The Bertz CT molecular complexity index is 424. The van der Waals surface area contributed by atoms with Crippen molar-refractivity contribution in [1.82, 2.24) is 9.97 Å². The van der Waals surface area contributed by atoms with Crippen molar-refractivity contribution >= 4 is 0 Å². The molecule has 0 bridgehead atoms. The van der Waals surface area contributed by atoms with E-state index in [0.717, 1.165) is 0 Å². The molecular formula is C11H19N3O2. The number of hydrogen-bond acceptors (Lipinski definition) is 4. The van der Waals surface area contributed by atoms with Crippen molar-refractivity contribution in [2.24, 2.45) is 5.73 Å². The zero-order valence-electron chi connectivity index (χ0n) is 10.0. The third-order valence-electron chi connectivity index (χ3n) is 2.86. The van der Waals surface area contributed by atoms with Crippen LogP contribution in [0.3, 0.4) is 0 Å². The molecule has 5 nitrogen and oxygen atoms in total. The molecule has 0 spiro atoms. The molecule has 4 N–H and O–H groups in total. The van der Waals surface area contributed by atoms with Gasteiger partial charge in [-0.05, 0) is 20.3 Å². The summed E-state index contributed by atoms with van der Waals surface area (Å²) in [6.07, 6.45) is 1.01.